The lowest BCUT2D eigenvalue weighted by Gasteiger charge is -2.33. The minimum atomic E-state index is 0.102. The van der Waals surface area contributed by atoms with E-state index in [1.165, 1.54) is 0 Å². The largest absolute Gasteiger partial charge is 0.353 e. The molecular weight excluding hydrogens is 278 g/mol. The highest BCUT2D eigenvalue weighted by Gasteiger charge is 2.33. The van der Waals surface area contributed by atoms with E-state index in [1.54, 1.807) is 0 Å². The third kappa shape index (κ3) is 4.45. The highest BCUT2D eigenvalue weighted by atomic mass is 16.2. The van der Waals surface area contributed by atoms with Crippen LogP contribution in [0.15, 0.2) is 0 Å². The molecule has 0 aromatic carbocycles. The van der Waals surface area contributed by atoms with Crippen LogP contribution in [0.1, 0.15) is 52.4 Å². The zero-order chi connectivity index (χ0) is 16.1. The summed E-state index contributed by atoms with van der Waals surface area (Å²) in [4.78, 5) is 26.4. The molecule has 1 aliphatic heterocycles. The topological polar surface area (TPSA) is 75.4 Å². The van der Waals surface area contributed by atoms with Crippen molar-refractivity contribution in [2.24, 2.45) is 23.5 Å². The highest BCUT2D eigenvalue weighted by Crippen LogP contribution is 2.31. The summed E-state index contributed by atoms with van der Waals surface area (Å²) in [5.74, 6) is 1.29. The normalized spacial score (nSPS) is 26.5. The van der Waals surface area contributed by atoms with Crippen LogP contribution >= 0.6 is 0 Å². The molecule has 0 spiro atoms. The Labute approximate surface area is 134 Å². The number of nitrogens with zero attached hydrogens (tertiary/aromatic N) is 1. The van der Waals surface area contributed by atoms with Crippen molar-refractivity contribution in [2.45, 2.75) is 58.4 Å². The molecule has 0 aromatic heterocycles. The number of likely N-dealkylation sites (tertiary alicyclic amines) is 1. The average Bonchev–Trinajstić information content (AvgIpc) is 2.95. The molecule has 1 aliphatic carbocycles. The van der Waals surface area contributed by atoms with E-state index in [0.717, 1.165) is 45.2 Å². The van der Waals surface area contributed by atoms with Gasteiger partial charge in [-0.05, 0) is 44.1 Å². The van der Waals surface area contributed by atoms with Gasteiger partial charge in [-0.2, -0.15) is 0 Å². The van der Waals surface area contributed by atoms with Gasteiger partial charge in [0.05, 0.1) is 0 Å². The molecule has 0 bridgehead atoms. The number of nitrogens with one attached hydrogen (secondary N) is 1. The highest BCUT2D eigenvalue weighted by molar-refractivity contribution is 5.80. The molecule has 1 saturated heterocycles. The second-order valence-corrected chi connectivity index (χ2v) is 7.29. The molecule has 2 atom stereocenters. The standard InChI is InChI=1S/C17H31N3O2/c1-12(2)10-16(21)20-8-6-14(7-9-20)19-17(22)15-5-3-4-13(15)11-18/h12-15H,3-11,18H2,1-2H3,(H,19,22)/t13-,15-/m1/s1. The van der Waals surface area contributed by atoms with Crippen LogP contribution in [0.2, 0.25) is 0 Å². The van der Waals surface area contributed by atoms with Crippen LogP contribution in [-0.4, -0.2) is 42.4 Å². The van der Waals surface area contributed by atoms with Gasteiger partial charge < -0.3 is 16.0 Å². The van der Waals surface area contributed by atoms with Gasteiger partial charge in [0.1, 0.15) is 0 Å². The van der Waals surface area contributed by atoms with Crippen LogP contribution in [0.3, 0.4) is 0 Å². The zero-order valence-electron chi connectivity index (χ0n) is 14.0. The average molecular weight is 309 g/mol. The van der Waals surface area contributed by atoms with Crippen molar-refractivity contribution in [2.75, 3.05) is 19.6 Å². The van der Waals surface area contributed by atoms with Crippen LogP contribution in [0, 0.1) is 17.8 Å². The first-order chi connectivity index (χ1) is 10.5. The molecule has 22 heavy (non-hydrogen) atoms. The first-order valence-electron chi connectivity index (χ1n) is 8.79. The van der Waals surface area contributed by atoms with E-state index >= 15 is 0 Å². The molecule has 2 fully saturated rings. The van der Waals surface area contributed by atoms with E-state index in [9.17, 15) is 9.59 Å². The third-order valence-electron chi connectivity index (χ3n) is 5.08. The molecule has 0 aromatic rings. The van der Waals surface area contributed by atoms with Crippen molar-refractivity contribution in [1.29, 1.82) is 0 Å². The molecule has 5 nitrogen and oxygen atoms in total. The van der Waals surface area contributed by atoms with E-state index < -0.39 is 0 Å². The van der Waals surface area contributed by atoms with Crippen molar-refractivity contribution in [3.63, 3.8) is 0 Å². The third-order valence-corrected chi connectivity index (χ3v) is 5.08. The smallest absolute Gasteiger partial charge is 0.223 e. The molecule has 0 radical (unpaired) electrons. The quantitative estimate of drug-likeness (QED) is 0.808. The second kappa shape index (κ2) is 7.95. The summed E-state index contributed by atoms with van der Waals surface area (Å²) in [5.41, 5.74) is 5.76. The lowest BCUT2D eigenvalue weighted by atomic mass is 9.94. The molecule has 1 saturated carbocycles. The number of hydrogen-bond acceptors (Lipinski definition) is 3. The first kappa shape index (κ1) is 17.3. The van der Waals surface area contributed by atoms with Crippen molar-refractivity contribution >= 4 is 11.8 Å². The van der Waals surface area contributed by atoms with Crippen molar-refractivity contribution in [3.8, 4) is 0 Å². The molecule has 3 N–H and O–H groups in total. The summed E-state index contributed by atoms with van der Waals surface area (Å²) in [6.07, 6.45) is 5.53. The predicted octanol–water partition coefficient (Wildman–Crippen LogP) is 1.51. The van der Waals surface area contributed by atoms with Crippen LogP contribution < -0.4 is 11.1 Å². The summed E-state index contributed by atoms with van der Waals surface area (Å²) in [6, 6.07) is 0.217. The van der Waals surface area contributed by atoms with Gasteiger partial charge in [-0.3, -0.25) is 9.59 Å². The van der Waals surface area contributed by atoms with Gasteiger partial charge in [0.2, 0.25) is 11.8 Å². The minimum absolute atomic E-state index is 0.102. The molecule has 1 heterocycles. The fraction of sp³-hybridized carbons (Fsp3) is 0.882. The maximum atomic E-state index is 12.4. The Balaban J connectivity index is 1.75. The van der Waals surface area contributed by atoms with Crippen LogP contribution in [-0.2, 0) is 9.59 Å². The van der Waals surface area contributed by atoms with Crippen LogP contribution in [0.5, 0.6) is 0 Å². The number of nitrogens with two attached hydrogens (primary N) is 1. The van der Waals surface area contributed by atoms with E-state index in [2.05, 4.69) is 19.2 Å². The minimum Gasteiger partial charge on any atom is -0.353 e. The van der Waals surface area contributed by atoms with Gasteiger partial charge in [0.15, 0.2) is 0 Å². The molecule has 2 aliphatic rings. The van der Waals surface area contributed by atoms with Crippen molar-refractivity contribution < 1.29 is 9.59 Å². The summed E-state index contributed by atoms with van der Waals surface area (Å²) >= 11 is 0. The van der Waals surface area contributed by atoms with E-state index in [-0.39, 0.29) is 23.8 Å². The van der Waals surface area contributed by atoms with E-state index in [0.29, 0.717) is 24.8 Å². The zero-order valence-corrected chi connectivity index (χ0v) is 14.0. The fourth-order valence-electron chi connectivity index (χ4n) is 3.72. The van der Waals surface area contributed by atoms with Crippen LogP contribution in [0.4, 0.5) is 0 Å². The molecular formula is C17H31N3O2. The van der Waals surface area contributed by atoms with Gasteiger partial charge in [0.25, 0.3) is 0 Å². The van der Waals surface area contributed by atoms with Crippen molar-refractivity contribution in [3.05, 3.63) is 0 Å². The summed E-state index contributed by atoms with van der Waals surface area (Å²) in [6.45, 7) is 6.28. The van der Waals surface area contributed by atoms with Gasteiger partial charge in [-0.25, -0.2) is 0 Å². The molecule has 126 valence electrons. The number of carbonyl (C=O) groups excluding carboxylic acids is 2. The number of rotatable bonds is 5. The summed E-state index contributed by atoms with van der Waals surface area (Å²) in [7, 11) is 0. The molecule has 0 unspecified atom stereocenters. The Bertz CT molecular complexity index is 389. The van der Waals surface area contributed by atoms with Gasteiger partial charge in [-0.15, -0.1) is 0 Å². The number of carbonyl (C=O) groups is 2. The van der Waals surface area contributed by atoms with E-state index in [4.69, 9.17) is 5.73 Å². The Kier molecular flexibility index (Phi) is 6.24. The van der Waals surface area contributed by atoms with Crippen molar-refractivity contribution in [1.82, 2.24) is 10.2 Å². The van der Waals surface area contributed by atoms with Crippen LogP contribution in [0.25, 0.3) is 0 Å². The number of amides is 2. The Morgan fingerprint density at radius 3 is 2.45 bits per heavy atom. The number of piperidine rings is 1. The molecule has 2 amide bonds. The SMILES string of the molecule is CC(C)CC(=O)N1CCC(NC(=O)[C@@H]2CCC[C@@H]2CN)CC1. The van der Waals surface area contributed by atoms with Gasteiger partial charge >= 0.3 is 0 Å². The fourth-order valence-corrected chi connectivity index (χ4v) is 3.72. The summed E-state index contributed by atoms with van der Waals surface area (Å²) < 4.78 is 0. The Morgan fingerprint density at radius 1 is 1.18 bits per heavy atom. The summed E-state index contributed by atoms with van der Waals surface area (Å²) in [5, 5.41) is 3.19. The lowest BCUT2D eigenvalue weighted by Crippen LogP contribution is -2.48. The maximum Gasteiger partial charge on any atom is 0.223 e. The number of hydrogen-bond donors (Lipinski definition) is 2. The first-order valence-corrected chi connectivity index (χ1v) is 8.79. The monoisotopic (exact) mass is 309 g/mol. The lowest BCUT2D eigenvalue weighted by molar-refractivity contribution is -0.133. The molecule has 2 rings (SSSR count). The maximum absolute atomic E-state index is 12.4. The second-order valence-electron chi connectivity index (χ2n) is 7.29. The molecule has 5 heteroatoms. The predicted molar refractivity (Wildman–Crippen MR) is 87.1 cm³/mol. The van der Waals surface area contributed by atoms with Gasteiger partial charge in [-0.1, -0.05) is 20.3 Å². The Morgan fingerprint density at radius 2 is 1.86 bits per heavy atom. The van der Waals surface area contributed by atoms with Gasteiger partial charge in [0, 0.05) is 31.5 Å². The Hall–Kier alpha value is -1.10. The van der Waals surface area contributed by atoms with E-state index in [1.807, 2.05) is 4.90 Å².